The molecule has 3 aromatic rings. The number of pyridine rings is 1. The van der Waals surface area contributed by atoms with Crippen LogP contribution in [-0.2, 0) is 0 Å². The van der Waals surface area contributed by atoms with Crippen LogP contribution in [0.15, 0.2) is 65.9 Å². The van der Waals surface area contributed by atoms with Crippen LogP contribution < -0.4 is 0 Å². The molecule has 0 spiro atoms. The molecule has 0 amide bonds. The molecule has 0 bridgehead atoms. The summed E-state index contributed by atoms with van der Waals surface area (Å²) in [6.07, 6.45) is 4.34. The van der Waals surface area contributed by atoms with Crippen molar-refractivity contribution in [3.63, 3.8) is 0 Å². The minimum Gasteiger partial charge on any atom is -0.265 e. The normalized spacial score (nSPS) is 13.9. The molecule has 0 radical (unpaired) electrons. The van der Waals surface area contributed by atoms with E-state index in [1.807, 2.05) is 12.1 Å². The van der Waals surface area contributed by atoms with Crippen molar-refractivity contribution in [2.75, 3.05) is 0 Å². The number of hydrogen-bond acceptors (Lipinski definition) is 2. The van der Waals surface area contributed by atoms with Gasteiger partial charge in [0.2, 0.25) is 0 Å². The van der Waals surface area contributed by atoms with E-state index in [9.17, 15) is 4.39 Å². The van der Waals surface area contributed by atoms with Crippen LogP contribution in [0.25, 0.3) is 11.3 Å². The Balaban J connectivity index is 1.86. The summed E-state index contributed by atoms with van der Waals surface area (Å²) in [6.45, 7) is 6.39. The number of hydrogen-bond donors (Lipinski definition) is 0. The van der Waals surface area contributed by atoms with Crippen molar-refractivity contribution in [2.45, 2.75) is 27.2 Å². The van der Waals surface area contributed by atoms with Crippen LogP contribution in [0.4, 0.5) is 4.39 Å². The topological polar surface area (TPSA) is 25.2 Å². The third-order valence-corrected chi connectivity index (χ3v) is 4.99. The summed E-state index contributed by atoms with van der Waals surface area (Å²) >= 11 is 0. The molecule has 0 aliphatic carbocycles. The monoisotopic (exact) mass is 356 g/mol. The van der Waals surface area contributed by atoms with Gasteiger partial charge in [0.05, 0.1) is 11.4 Å². The third-order valence-electron chi connectivity index (χ3n) is 4.99. The van der Waals surface area contributed by atoms with Gasteiger partial charge in [-0.15, -0.1) is 0 Å². The molecular formula is C24H21FN2. The van der Waals surface area contributed by atoms with Gasteiger partial charge >= 0.3 is 0 Å². The second-order valence-corrected chi connectivity index (χ2v) is 7.08. The molecule has 1 aliphatic rings. The molecule has 0 saturated carbocycles. The molecule has 2 aromatic carbocycles. The van der Waals surface area contributed by atoms with Gasteiger partial charge in [0.25, 0.3) is 0 Å². The molecule has 2 nitrogen and oxygen atoms in total. The third kappa shape index (κ3) is 3.33. The largest absolute Gasteiger partial charge is 0.265 e. The number of allylic oxidation sites excluding steroid dienone is 1. The molecule has 1 aliphatic heterocycles. The van der Waals surface area contributed by atoms with Gasteiger partial charge < -0.3 is 0 Å². The molecule has 0 atom stereocenters. The van der Waals surface area contributed by atoms with Crippen molar-refractivity contribution in [3.8, 4) is 0 Å². The number of halogens is 1. The van der Waals surface area contributed by atoms with Crippen molar-refractivity contribution >= 4 is 17.0 Å². The van der Waals surface area contributed by atoms with Gasteiger partial charge in [0, 0.05) is 29.9 Å². The highest BCUT2D eigenvalue weighted by atomic mass is 19.1. The predicted octanol–water partition coefficient (Wildman–Crippen LogP) is 5.91. The average molecular weight is 356 g/mol. The molecule has 0 unspecified atom stereocenters. The summed E-state index contributed by atoms with van der Waals surface area (Å²) < 4.78 is 13.4. The summed E-state index contributed by atoms with van der Waals surface area (Å²) in [5.41, 5.74) is 10.1. The minimum atomic E-state index is -0.239. The second kappa shape index (κ2) is 6.92. The van der Waals surface area contributed by atoms with Crippen LogP contribution in [0.5, 0.6) is 0 Å². The molecule has 0 N–H and O–H groups in total. The van der Waals surface area contributed by atoms with Crippen molar-refractivity contribution < 1.29 is 4.39 Å². The maximum absolute atomic E-state index is 13.4. The quantitative estimate of drug-likeness (QED) is 0.573. The summed E-state index contributed by atoms with van der Waals surface area (Å²) in [6, 6.07) is 15.0. The number of aromatic nitrogens is 1. The van der Waals surface area contributed by atoms with Crippen molar-refractivity contribution in [3.05, 3.63) is 100 Å². The summed E-state index contributed by atoms with van der Waals surface area (Å²) in [7, 11) is 0. The van der Waals surface area contributed by atoms with E-state index in [1.54, 1.807) is 24.5 Å². The Kier molecular flexibility index (Phi) is 4.44. The maximum Gasteiger partial charge on any atom is 0.123 e. The number of nitrogens with zero attached hydrogens (tertiary/aromatic N) is 2. The molecule has 134 valence electrons. The van der Waals surface area contributed by atoms with E-state index in [2.05, 4.69) is 37.9 Å². The lowest BCUT2D eigenvalue weighted by Gasteiger charge is -2.12. The first-order valence-corrected chi connectivity index (χ1v) is 9.08. The molecular weight excluding hydrogens is 335 g/mol. The van der Waals surface area contributed by atoms with Crippen molar-refractivity contribution in [1.29, 1.82) is 0 Å². The Hall–Kier alpha value is -3.07. The van der Waals surface area contributed by atoms with Crippen LogP contribution >= 0.6 is 0 Å². The molecule has 27 heavy (non-hydrogen) atoms. The van der Waals surface area contributed by atoms with E-state index in [0.29, 0.717) is 0 Å². The lowest BCUT2D eigenvalue weighted by atomic mass is 9.92. The highest BCUT2D eigenvalue weighted by Crippen LogP contribution is 2.38. The van der Waals surface area contributed by atoms with Crippen LogP contribution in [-0.4, -0.2) is 10.7 Å². The molecule has 4 rings (SSSR count). The Morgan fingerprint density at radius 1 is 0.815 bits per heavy atom. The standard InChI is InChI=1S/C24H21FN2/c1-15-12-16(2)23(17(3)13-15)22-14-21(18-8-10-26-11-9-18)24(27-22)19-4-6-20(25)7-5-19/h4-13H,14H2,1-3H3. The molecule has 1 aromatic heterocycles. The zero-order valence-corrected chi connectivity index (χ0v) is 15.8. The van der Waals surface area contributed by atoms with E-state index in [1.165, 1.54) is 34.4 Å². The fourth-order valence-corrected chi connectivity index (χ4v) is 3.91. The maximum atomic E-state index is 13.4. The Labute approximate surface area is 159 Å². The summed E-state index contributed by atoms with van der Waals surface area (Å²) in [4.78, 5) is 9.15. The zero-order chi connectivity index (χ0) is 19.0. The van der Waals surface area contributed by atoms with E-state index < -0.39 is 0 Å². The zero-order valence-electron chi connectivity index (χ0n) is 15.8. The van der Waals surface area contributed by atoms with Gasteiger partial charge in [-0.1, -0.05) is 17.7 Å². The molecule has 0 fully saturated rings. The lowest BCUT2D eigenvalue weighted by Crippen LogP contribution is -2.04. The van der Waals surface area contributed by atoms with Gasteiger partial charge in [-0.2, -0.15) is 0 Å². The first kappa shape index (κ1) is 17.3. The van der Waals surface area contributed by atoms with Gasteiger partial charge in [0.15, 0.2) is 0 Å². The van der Waals surface area contributed by atoms with Crippen molar-refractivity contribution in [1.82, 2.24) is 4.98 Å². The van der Waals surface area contributed by atoms with Crippen LogP contribution in [0, 0.1) is 26.6 Å². The minimum absolute atomic E-state index is 0.239. The summed E-state index contributed by atoms with van der Waals surface area (Å²) in [5.74, 6) is -0.239. The SMILES string of the molecule is Cc1cc(C)c(C2=NC(c3ccc(F)cc3)=C(c3ccncc3)C2)c(C)c1. The Morgan fingerprint density at radius 2 is 1.44 bits per heavy atom. The number of benzene rings is 2. The molecule has 3 heteroatoms. The van der Waals surface area contributed by atoms with E-state index in [4.69, 9.17) is 4.99 Å². The average Bonchev–Trinajstić information content (AvgIpc) is 3.07. The van der Waals surface area contributed by atoms with Crippen LogP contribution in [0.2, 0.25) is 0 Å². The number of aliphatic imine (C=N–C) groups is 1. The highest BCUT2D eigenvalue weighted by molar-refractivity contribution is 6.17. The smallest absolute Gasteiger partial charge is 0.123 e. The van der Waals surface area contributed by atoms with E-state index in [0.717, 1.165) is 34.5 Å². The second-order valence-electron chi connectivity index (χ2n) is 7.08. The number of aryl methyl sites for hydroxylation is 3. The number of rotatable bonds is 3. The van der Waals surface area contributed by atoms with Crippen LogP contribution in [0.1, 0.15) is 39.8 Å². The first-order chi connectivity index (χ1) is 13.0. The predicted molar refractivity (Wildman–Crippen MR) is 109 cm³/mol. The summed E-state index contributed by atoms with van der Waals surface area (Å²) in [5, 5.41) is 0. The van der Waals surface area contributed by atoms with Crippen LogP contribution in [0.3, 0.4) is 0 Å². The Bertz CT molecular complexity index is 1040. The Morgan fingerprint density at radius 3 is 2.07 bits per heavy atom. The first-order valence-electron chi connectivity index (χ1n) is 9.08. The lowest BCUT2D eigenvalue weighted by molar-refractivity contribution is 0.627. The molecule has 2 heterocycles. The fraction of sp³-hybridized carbons (Fsp3) is 0.167. The van der Waals surface area contributed by atoms with E-state index in [-0.39, 0.29) is 5.82 Å². The highest BCUT2D eigenvalue weighted by Gasteiger charge is 2.23. The van der Waals surface area contributed by atoms with E-state index >= 15 is 0 Å². The molecule has 0 saturated heterocycles. The van der Waals surface area contributed by atoms with Gasteiger partial charge in [-0.25, -0.2) is 4.39 Å². The van der Waals surface area contributed by atoms with Gasteiger partial charge in [-0.3, -0.25) is 9.98 Å². The van der Waals surface area contributed by atoms with Crippen molar-refractivity contribution in [2.24, 2.45) is 4.99 Å². The van der Waals surface area contributed by atoms with Gasteiger partial charge in [0.1, 0.15) is 5.82 Å². The van der Waals surface area contributed by atoms with Gasteiger partial charge in [-0.05, 0) is 79.4 Å². The fourth-order valence-electron chi connectivity index (χ4n) is 3.91.